The average molecular weight is 363 g/mol. The van der Waals surface area contributed by atoms with Gasteiger partial charge < -0.3 is 9.73 Å². The van der Waals surface area contributed by atoms with Gasteiger partial charge in [0.1, 0.15) is 17.3 Å². The number of hydrogen-bond acceptors (Lipinski definition) is 2. The molecule has 0 saturated heterocycles. The molecule has 1 heterocycles. The molecule has 0 saturated carbocycles. The number of furan rings is 1. The number of halogens is 4. The number of rotatable bonds is 6. The van der Waals surface area contributed by atoms with E-state index in [1.165, 1.54) is 12.1 Å². The largest absolute Gasteiger partial charge is 0.460 e. The van der Waals surface area contributed by atoms with Gasteiger partial charge in [-0.25, -0.2) is 4.39 Å². The molecule has 6 heteroatoms. The van der Waals surface area contributed by atoms with Gasteiger partial charge in [0.15, 0.2) is 0 Å². The second-order valence-electron chi connectivity index (χ2n) is 5.86. The lowest BCUT2D eigenvalue weighted by atomic mass is 10.1. The van der Waals surface area contributed by atoms with Crippen molar-refractivity contribution in [3.8, 4) is 11.3 Å². The highest BCUT2D eigenvalue weighted by Gasteiger charge is 2.30. The Labute approximate surface area is 148 Å². The Morgan fingerprint density at radius 2 is 1.73 bits per heavy atom. The minimum Gasteiger partial charge on any atom is -0.460 e. The quantitative estimate of drug-likeness (QED) is 0.466. The van der Waals surface area contributed by atoms with Gasteiger partial charge in [-0.15, -0.1) is 0 Å². The lowest BCUT2D eigenvalue weighted by Crippen LogP contribution is -2.16. The van der Waals surface area contributed by atoms with Crippen LogP contribution in [0.25, 0.3) is 11.3 Å². The molecule has 0 aliphatic rings. The third-order valence-corrected chi connectivity index (χ3v) is 3.96. The van der Waals surface area contributed by atoms with Crippen LogP contribution in [-0.4, -0.2) is 6.54 Å². The Morgan fingerprint density at radius 3 is 2.50 bits per heavy atom. The first kappa shape index (κ1) is 18.2. The molecular weight excluding hydrogens is 346 g/mol. The van der Waals surface area contributed by atoms with Crippen LogP contribution in [0.15, 0.2) is 65.1 Å². The summed E-state index contributed by atoms with van der Waals surface area (Å²) in [7, 11) is 0. The van der Waals surface area contributed by atoms with E-state index in [1.807, 2.05) is 0 Å². The lowest BCUT2D eigenvalue weighted by molar-refractivity contribution is -0.137. The summed E-state index contributed by atoms with van der Waals surface area (Å²) < 4.78 is 57.5. The molecule has 3 aromatic rings. The van der Waals surface area contributed by atoms with Crippen molar-refractivity contribution >= 4 is 0 Å². The van der Waals surface area contributed by atoms with Crippen LogP contribution in [-0.2, 0) is 19.1 Å². The molecule has 0 atom stereocenters. The highest BCUT2D eigenvalue weighted by atomic mass is 19.4. The van der Waals surface area contributed by atoms with Gasteiger partial charge in [-0.05, 0) is 48.9 Å². The molecule has 0 spiro atoms. The van der Waals surface area contributed by atoms with Crippen molar-refractivity contribution in [2.24, 2.45) is 0 Å². The van der Waals surface area contributed by atoms with Crippen LogP contribution in [0.1, 0.15) is 16.9 Å². The first-order valence-electron chi connectivity index (χ1n) is 8.14. The molecule has 0 radical (unpaired) electrons. The zero-order valence-corrected chi connectivity index (χ0v) is 13.8. The van der Waals surface area contributed by atoms with Gasteiger partial charge in [-0.2, -0.15) is 13.2 Å². The average Bonchev–Trinajstić information content (AvgIpc) is 3.08. The normalized spacial score (nSPS) is 11.7. The predicted molar refractivity (Wildman–Crippen MR) is 91.0 cm³/mol. The molecule has 0 amide bonds. The number of hydrogen-bond donors (Lipinski definition) is 1. The second-order valence-corrected chi connectivity index (χ2v) is 5.86. The maximum atomic E-state index is 13.5. The zero-order valence-electron chi connectivity index (χ0n) is 13.8. The molecule has 0 aliphatic carbocycles. The molecule has 1 N–H and O–H groups in total. The van der Waals surface area contributed by atoms with E-state index < -0.39 is 11.7 Å². The fourth-order valence-corrected chi connectivity index (χ4v) is 2.61. The molecule has 0 aliphatic heterocycles. The Balaban J connectivity index is 1.58. The van der Waals surface area contributed by atoms with Crippen LogP contribution < -0.4 is 5.32 Å². The Hall–Kier alpha value is -2.60. The van der Waals surface area contributed by atoms with Crippen LogP contribution in [0.5, 0.6) is 0 Å². The van der Waals surface area contributed by atoms with Gasteiger partial charge in [0.2, 0.25) is 0 Å². The highest BCUT2D eigenvalue weighted by molar-refractivity contribution is 5.58. The van der Waals surface area contributed by atoms with Gasteiger partial charge in [0, 0.05) is 5.56 Å². The summed E-state index contributed by atoms with van der Waals surface area (Å²) in [5.74, 6) is 0.743. The topological polar surface area (TPSA) is 25.2 Å². The van der Waals surface area contributed by atoms with Crippen molar-refractivity contribution in [3.05, 3.63) is 83.4 Å². The fraction of sp³-hybridized carbons (Fsp3) is 0.200. The van der Waals surface area contributed by atoms with Crippen LogP contribution in [0.4, 0.5) is 17.6 Å². The van der Waals surface area contributed by atoms with E-state index in [1.54, 1.807) is 36.4 Å². The van der Waals surface area contributed by atoms with Gasteiger partial charge >= 0.3 is 6.18 Å². The Bertz CT molecular complexity index is 870. The first-order chi connectivity index (χ1) is 12.4. The molecule has 0 bridgehead atoms. The minimum absolute atomic E-state index is 0.237. The minimum atomic E-state index is -4.39. The van der Waals surface area contributed by atoms with E-state index in [9.17, 15) is 17.6 Å². The summed E-state index contributed by atoms with van der Waals surface area (Å²) in [6.07, 6.45) is -3.85. The van der Waals surface area contributed by atoms with E-state index in [2.05, 4.69) is 5.32 Å². The smallest absolute Gasteiger partial charge is 0.416 e. The van der Waals surface area contributed by atoms with Crippen LogP contribution >= 0.6 is 0 Å². The molecule has 136 valence electrons. The maximum absolute atomic E-state index is 13.5. The van der Waals surface area contributed by atoms with Crippen molar-refractivity contribution < 1.29 is 22.0 Å². The van der Waals surface area contributed by atoms with E-state index in [0.717, 1.165) is 12.1 Å². The molecule has 2 nitrogen and oxygen atoms in total. The van der Waals surface area contributed by atoms with Gasteiger partial charge in [-0.1, -0.05) is 30.3 Å². The summed E-state index contributed by atoms with van der Waals surface area (Å²) in [5, 5.41) is 3.14. The van der Waals surface area contributed by atoms with Crippen molar-refractivity contribution in [1.82, 2.24) is 5.32 Å². The Kier molecular flexibility index (Phi) is 5.42. The van der Waals surface area contributed by atoms with E-state index in [-0.39, 0.29) is 5.82 Å². The van der Waals surface area contributed by atoms with Crippen LogP contribution in [0.3, 0.4) is 0 Å². The Morgan fingerprint density at radius 1 is 0.923 bits per heavy atom. The highest BCUT2D eigenvalue weighted by Crippen LogP contribution is 2.32. The molecular formula is C20H17F4NO. The maximum Gasteiger partial charge on any atom is 0.416 e. The van der Waals surface area contributed by atoms with E-state index in [0.29, 0.717) is 42.2 Å². The third-order valence-electron chi connectivity index (χ3n) is 3.96. The fourth-order valence-electron chi connectivity index (χ4n) is 2.61. The molecule has 0 unspecified atom stereocenters. The molecule has 2 aromatic carbocycles. The zero-order chi connectivity index (χ0) is 18.6. The standard InChI is InChI=1S/C20H17F4NO/c21-18-7-2-1-4-14(18)10-11-25-13-17-8-9-19(26-17)15-5-3-6-16(12-15)20(22,23)24/h1-9,12,25H,10-11,13H2. The van der Waals surface area contributed by atoms with Crippen molar-refractivity contribution in [1.29, 1.82) is 0 Å². The summed E-state index contributed by atoms with van der Waals surface area (Å²) >= 11 is 0. The molecule has 3 rings (SSSR count). The van der Waals surface area contributed by atoms with Crippen LogP contribution in [0.2, 0.25) is 0 Å². The van der Waals surface area contributed by atoms with Gasteiger partial charge in [0.05, 0.1) is 12.1 Å². The molecule has 0 fully saturated rings. The summed E-state index contributed by atoms with van der Waals surface area (Å²) in [6, 6.07) is 15.0. The summed E-state index contributed by atoms with van der Waals surface area (Å²) in [4.78, 5) is 0. The first-order valence-corrected chi connectivity index (χ1v) is 8.14. The number of nitrogens with one attached hydrogen (secondary N) is 1. The van der Waals surface area contributed by atoms with Gasteiger partial charge in [0.25, 0.3) is 0 Å². The van der Waals surface area contributed by atoms with E-state index in [4.69, 9.17) is 4.42 Å². The van der Waals surface area contributed by atoms with Crippen molar-refractivity contribution in [2.45, 2.75) is 19.1 Å². The molecule has 1 aromatic heterocycles. The predicted octanol–water partition coefficient (Wildman–Crippen LogP) is 5.44. The van der Waals surface area contributed by atoms with Crippen molar-refractivity contribution in [2.75, 3.05) is 6.54 Å². The van der Waals surface area contributed by atoms with E-state index >= 15 is 0 Å². The monoisotopic (exact) mass is 363 g/mol. The lowest BCUT2D eigenvalue weighted by Gasteiger charge is -2.07. The number of benzene rings is 2. The van der Waals surface area contributed by atoms with Gasteiger partial charge in [-0.3, -0.25) is 0 Å². The number of alkyl halides is 3. The third kappa shape index (κ3) is 4.52. The van der Waals surface area contributed by atoms with Crippen LogP contribution in [0, 0.1) is 5.82 Å². The second kappa shape index (κ2) is 7.74. The summed E-state index contributed by atoms with van der Waals surface area (Å²) in [6.45, 7) is 0.966. The molecule has 26 heavy (non-hydrogen) atoms. The summed E-state index contributed by atoms with van der Waals surface area (Å²) in [5.41, 5.74) is 0.289. The van der Waals surface area contributed by atoms with Crippen molar-refractivity contribution in [3.63, 3.8) is 0 Å². The SMILES string of the molecule is Fc1ccccc1CCNCc1ccc(-c2cccc(C(F)(F)F)c2)o1.